The Labute approximate surface area is 178 Å². The summed E-state index contributed by atoms with van der Waals surface area (Å²) < 4.78 is 7.74. The molecule has 1 saturated heterocycles. The van der Waals surface area contributed by atoms with Gasteiger partial charge in [0.15, 0.2) is 0 Å². The summed E-state index contributed by atoms with van der Waals surface area (Å²) in [7, 11) is 1.68. The molecule has 2 heterocycles. The quantitative estimate of drug-likeness (QED) is 0.574. The molecule has 4 rings (SSSR count). The predicted octanol–water partition coefficient (Wildman–Crippen LogP) is 0.993. The SMILES string of the molecule is CC[NH+]1CC[NH+](CC(=O)c2c(C)n(Cc3ccccc3)c3ccc(OC)cc23)CC1. The van der Waals surface area contributed by atoms with Crippen LogP contribution in [0.1, 0.15) is 28.5 Å². The number of fused-ring (bicyclic) bond motifs is 1. The van der Waals surface area contributed by atoms with Crippen molar-refractivity contribution in [3.63, 3.8) is 0 Å². The van der Waals surface area contributed by atoms with E-state index in [2.05, 4.69) is 48.7 Å². The highest BCUT2D eigenvalue weighted by Gasteiger charge is 2.27. The van der Waals surface area contributed by atoms with Crippen LogP contribution in [0.15, 0.2) is 48.5 Å². The summed E-state index contributed by atoms with van der Waals surface area (Å²) in [6.07, 6.45) is 0. The Hall–Kier alpha value is -2.63. The van der Waals surface area contributed by atoms with E-state index in [4.69, 9.17) is 4.74 Å². The standard InChI is InChI=1S/C25H31N3O2/c1-4-26-12-14-27(15-13-26)18-24(29)25-19(2)28(17-20-8-6-5-7-9-20)23-11-10-21(30-3)16-22(23)25/h5-11,16H,4,12-15,17-18H2,1-3H3/p+2. The van der Waals surface area contributed by atoms with Gasteiger partial charge in [-0.1, -0.05) is 30.3 Å². The van der Waals surface area contributed by atoms with Crippen LogP contribution in [0.25, 0.3) is 10.9 Å². The Morgan fingerprint density at radius 2 is 1.73 bits per heavy atom. The Bertz CT molecular complexity index is 1020. The van der Waals surface area contributed by atoms with Gasteiger partial charge in [0, 0.05) is 23.1 Å². The molecule has 5 nitrogen and oxygen atoms in total. The summed E-state index contributed by atoms with van der Waals surface area (Å²) in [6.45, 7) is 11.3. The van der Waals surface area contributed by atoms with Gasteiger partial charge in [-0.2, -0.15) is 0 Å². The lowest BCUT2D eigenvalue weighted by atomic mass is 10.1. The third-order valence-electron chi connectivity index (χ3n) is 6.57. The van der Waals surface area contributed by atoms with Crippen LogP contribution in [0.4, 0.5) is 0 Å². The lowest BCUT2D eigenvalue weighted by molar-refractivity contribution is -1.01. The van der Waals surface area contributed by atoms with Crippen molar-refractivity contribution < 1.29 is 19.3 Å². The highest BCUT2D eigenvalue weighted by molar-refractivity contribution is 6.10. The van der Waals surface area contributed by atoms with Crippen molar-refractivity contribution in [3.8, 4) is 5.75 Å². The first-order valence-electron chi connectivity index (χ1n) is 11.0. The van der Waals surface area contributed by atoms with E-state index >= 15 is 0 Å². The van der Waals surface area contributed by atoms with E-state index in [1.54, 1.807) is 12.0 Å². The summed E-state index contributed by atoms with van der Waals surface area (Å²) in [4.78, 5) is 16.5. The van der Waals surface area contributed by atoms with E-state index in [0.717, 1.165) is 60.6 Å². The number of carbonyl (C=O) groups is 1. The Kier molecular flexibility index (Phi) is 6.21. The van der Waals surface area contributed by atoms with Gasteiger partial charge >= 0.3 is 0 Å². The molecule has 1 aliphatic rings. The number of aromatic nitrogens is 1. The van der Waals surface area contributed by atoms with Gasteiger partial charge in [0.1, 0.15) is 38.5 Å². The van der Waals surface area contributed by atoms with Crippen LogP contribution in [-0.2, 0) is 6.54 Å². The van der Waals surface area contributed by atoms with Gasteiger partial charge in [-0.25, -0.2) is 0 Å². The summed E-state index contributed by atoms with van der Waals surface area (Å²) >= 11 is 0. The first kappa shape index (κ1) is 20.6. The topological polar surface area (TPSA) is 40.1 Å². The lowest BCUT2D eigenvalue weighted by Crippen LogP contribution is -3.28. The zero-order valence-electron chi connectivity index (χ0n) is 18.3. The Morgan fingerprint density at radius 3 is 2.40 bits per heavy atom. The number of hydrogen-bond donors (Lipinski definition) is 2. The number of likely N-dealkylation sites (N-methyl/N-ethyl adjacent to an activating group) is 1. The normalized spacial score (nSPS) is 19.2. The number of nitrogens with one attached hydrogen (secondary N) is 2. The minimum atomic E-state index is 0.243. The van der Waals surface area contributed by atoms with Crippen molar-refractivity contribution in [2.45, 2.75) is 20.4 Å². The third kappa shape index (κ3) is 4.13. The minimum Gasteiger partial charge on any atom is -0.497 e. The predicted molar refractivity (Wildman–Crippen MR) is 120 cm³/mol. The first-order chi connectivity index (χ1) is 14.6. The zero-order valence-corrected chi connectivity index (χ0v) is 18.3. The van der Waals surface area contributed by atoms with Crippen molar-refractivity contribution in [2.24, 2.45) is 0 Å². The first-order valence-corrected chi connectivity index (χ1v) is 11.0. The number of benzene rings is 2. The van der Waals surface area contributed by atoms with Crippen molar-refractivity contribution in [3.05, 3.63) is 65.4 Å². The number of Topliss-reactive ketones (excluding diaryl/α,β-unsaturated/α-hetero) is 1. The van der Waals surface area contributed by atoms with Crippen molar-refractivity contribution in [1.29, 1.82) is 0 Å². The van der Waals surface area contributed by atoms with Crippen LogP contribution in [0.5, 0.6) is 5.75 Å². The molecule has 0 unspecified atom stereocenters. The average Bonchev–Trinajstić information content (AvgIpc) is 3.05. The molecule has 0 amide bonds. The molecule has 1 aliphatic heterocycles. The number of rotatable bonds is 7. The second-order valence-electron chi connectivity index (χ2n) is 8.37. The minimum absolute atomic E-state index is 0.243. The van der Waals surface area contributed by atoms with Crippen molar-refractivity contribution in [1.82, 2.24) is 4.57 Å². The monoisotopic (exact) mass is 407 g/mol. The van der Waals surface area contributed by atoms with Crippen LogP contribution in [0, 0.1) is 6.92 Å². The molecule has 2 aromatic carbocycles. The van der Waals surface area contributed by atoms with E-state index in [-0.39, 0.29) is 5.78 Å². The smallest absolute Gasteiger partial charge is 0.219 e. The lowest BCUT2D eigenvalue weighted by Gasteiger charge is -2.28. The molecular weight excluding hydrogens is 374 g/mol. The molecule has 0 radical (unpaired) electrons. The molecule has 1 fully saturated rings. The summed E-state index contributed by atoms with van der Waals surface area (Å²) in [5.74, 6) is 1.04. The van der Waals surface area contributed by atoms with Crippen LogP contribution < -0.4 is 14.5 Å². The Balaban J connectivity index is 1.67. The summed E-state index contributed by atoms with van der Waals surface area (Å²) in [5, 5.41) is 1.00. The summed E-state index contributed by atoms with van der Waals surface area (Å²) in [6, 6.07) is 16.5. The van der Waals surface area contributed by atoms with E-state index in [1.807, 2.05) is 18.2 Å². The fraction of sp³-hybridized carbons (Fsp3) is 0.400. The zero-order chi connectivity index (χ0) is 21.1. The van der Waals surface area contributed by atoms with Crippen LogP contribution in [0.3, 0.4) is 0 Å². The number of nitrogens with zero attached hydrogens (tertiary/aromatic N) is 1. The average molecular weight is 408 g/mol. The molecule has 3 aromatic rings. The molecule has 1 aromatic heterocycles. The Morgan fingerprint density at radius 1 is 1.03 bits per heavy atom. The van der Waals surface area contributed by atoms with Gasteiger partial charge in [0.2, 0.25) is 5.78 Å². The molecule has 2 N–H and O–H groups in total. The van der Waals surface area contributed by atoms with E-state index in [1.165, 1.54) is 17.0 Å². The highest BCUT2D eigenvalue weighted by Crippen LogP contribution is 2.30. The number of hydrogen-bond acceptors (Lipinski definition) is 2. The maximum atomic E-state index is 13.5. The van der Waals surface area contributed by atoms with E-state index in [9.17, 15) is 4.79 Å². The molecule has 5 heteroatoms. The van der Waals surface area contributed by atoms with E-state index in [0.29, 0.717) is 6.54 Å². The molecule has 0 bridgehead atoms. The van der Waals surface area contributed by atoms with Gasteiger partial charge < -0.3 is 19.1 Å². The fourth-order valence-electron chi connectivity index (χ4n) is 4.71. The van der Waals surface area contributed by atoms with Crippen molar-refractivity contribution >= 4 is 16.7 Å². The fourth-order valence-corrected chi connectivity index (χ4v) is 4.71. The van der Waals surface area contributed by atoms with Gasteiger partial charge in [0.25, 0.3) is 0 Å². The maximum Gasteiger partial charge on any atom is 0.219 e. The molecule has 0 aliphatic carbocycles. The molecule has 0 spiro atoms. The van der Waals surface area contributed by atoms with Gasteiger partial charge in [-0.15, -0.1) is 0 Å². The van der Waals surface area contributed by atoms with Gasteiger partial charge in [-0.3, -0.25) is 4.79 Å². The number of ketones is 1. The molecule has 30 heavy (non-hydrogen) atoms. The second-order valence-corrected chi connectivity index (χ2v) is 8.37. The van der Waals surface area contributed by atoms with Crippen LogP contribution in [-0.4, -0.2) is 56.7 Å². The van der Waals surface area contributed by atoms with Crippen LogP contribution in [0.2, 0.25) is 0 Å². The largest absolute Gasteiger partial charge is 0.497 e. The third-order valence-corrected chi connectivity index (χ3v) is 6.57. The molecule has 0 atom stereocenters. The van der Waals surface area contributed by atoms with Crippen LogP contribution >= 0.6 is 0 Å². The number of methoxy groups -OCH3 is 1. The van der Waals surface area contributed by atoms with E-state index < -0.39 is 0 Å². The number of carbonyl (C=O) groups excluding carboxylic acids is 1. The number of piperazine rings is 1. The van der Waals surface area contributed by atoms with Crippen molar-refractivity contribution in [2.75, 3.05) is 46.4 Å². The van der Waals surface area contributed by atoms with Gasteiger partial charge in [-0.05, 0) is 37.6 Å². The number of quaternary nitrogens is 2. The molecule has 0 saturated carbocycles. The maximum absolute atomic E-state index is 13.5. The number of ether oxygens (including phenoxy) is 1. The summed E-state index contributed by atoms with van der Waals surface area (Å²) in [5.41, 5.74) is 4.23. The second kappa shape index (κ2) is 9.02. The molecular formula is C25H33N3O2+2. The van der Waals surface area contributed by atoms with Gasteiger partial charge in [0.05, 0.1) is 19.2 Å². The highest BCUT2D eigenvalue weighted by atomic mass is 16.5. The molecule has 158 valence electrons.